The molecule has 2 aliphatic rings. The number of carbonyl (C=O) groups excluding carboxylic acids is 4. The maximum Gasteiger partial charge on any atom is 0.407 e. The second kappa shape index (κ2) is 9.87. The van der Waals surface area contributed by atoms with Crippen LogP contribution in [0.1, 0.15) is 44.7 Å². The lowest BCUT2D eigenvalue weighted by atomic mass is 9.98. The first-order valence-electron chi connectivity index (χ1n) is 11.7. The van der Waals surface area contributed by atoms with Gasteiger partial charge < -0.3 is 19.6 Å². The Morgan fingerprint density at radius 2 is 1.32 bits per heavy atom. The van der Waals surface area contributed by atoms with E-state index in [1.165, 1.54) is 26.2 Å². The first kappa shape index (κ1) is 24.2. The van der Waals surface area contributed by atoms with E-state index < -0.39 is 36.0 Å². The van der Waals surface area contributed by atoms with Crippen LogP contribution in [0, 0.1) is 0 Å². The fourth-order valence-corrected chi connectivity index (χ4v) is 4.67. The van der Waals surface area contributed by atoms with Gasteiger partial charge in [-0.3, -0.25) is 9.59 Å². The zero-order valence-electron chi connectivity index (χ0n) is 20.2. The second-order valence-corrected chi connectivity index (χ2v) is 8.75. The van der Waals surface area contributed by atoms with Crippen LogP contribution in [0.15, 0.2) is 72.8 Å². The van der Waals surface area contributed by atoms with Crippen LogP contribution in [-0.2, 0) is 19.1 Å². The maximum atomic E-state index is 12.9. The molecule has 0 fully saturated rings. The number of benzene rings is 3. The van der Waals surface area contributed by atoms with Crippen molar-refractivity contribution in [2.45, 2.75) is 25.0 Å². The van der Waals surface area contributed by atoms with E-state index in [0.717, 1.165) is 22.3 Å². The van der Waals surface area contributed by atoms with E-state index in [1.807, 2.05) is 48.5 Å². The van der Waals surface area contributed by atoms with Gasteiger partial charge in [-0.05, 0) is 41.3 Å². The van der Waals surface area contributed by atoms with Gasteiger partial charge in [0.25, 0.3) is 11.8 Å². The Bertz CT molecular complexity index is 1320. The van der Waals surface area contributed by atoms with Gasteiger partial charge in [0.15, 0.2) is 6.04 Å². The average molecular weight is 501 g/mol. The van der Waals surface area contributed by atoms with E-state index >= 15 is 0 Å². The van der Waals surface area contributed by atoms with Crippen molar-refractivity contribution in [3.05, 3.63) is 95.1 Å². The number of alkyl carbamates (subject to hydrolysis) is 1. The number of rotatable bonds is 7. The Morgan fingerprint density at radius 1 is 0.838 bits per heavy atom. The molecule has 1 aliphatic heterocycles. The summed E-state index contributed by atoms with van der Waals surface area (Å²) in [5.74, 6) is -2.74. The molecular formula is C28H24N2O7. The van der Waals surface area contributed by atoms with Crippen LogP contribution in [0.5, 0.6) is 0 Å². The van der Waals surface area contributed by atoms with Gasteiger partial charge >= 0.3 is 12.1 Å². The zero-order chi connectivity index (χ0) is 26.1. The topological polar surface area (TPSA) is 111 Å². The Balaban J connectivity index is 1.26. The minimum atomic E-state index is -1.34. The highest BCUT2D eigenvalue weighted by Gasteiger charge is 2.41. The van der Waals surface area contributed by atoms with Gasteiger partial charge in [-0.25, -0.2) is 9.59 Å². The molecule has 0 spiro atoms. The summed E-state index contributed by atoms with van der Waals surface area (Å²) in [4.78, 5) is 56.0. The lowest BCUT2D eigenvalue weighted by Gasteiger charge is -2.24. The van der Waals surface area contributed by atoms with Crippen LogP contribution in [0.2, 0.25) is 0 Å². The number of imide groups is 1. The molecule has 0 radical (unpaired) electrons. The summed E-state index contributed by atoms with van der Waals surface area (Å²) in [5.41, 5.74) is 4.51. The average Bonchev–Trinajstić information content (AvgIpc) is 3.37. The number of hydrogen-bond donors (Lipinski definition) is 1. The van der Waals surface area contributed by atoms with Crippen molar-refractivity contribution < 1.29 is 33.5 Å². The Hall–Kier alpha value is -4.50. The second-order valence-electron chi connectivity index (χ2n) is 8.75. The summed E-state index contributed by atoms with van der Waals surface area (Å²) in [6, 6.07) is 20.6. The van der Waals surface area contributed by atoms with Crippen LogP contribution < -0.4 is 5.32 Å². The molecule has 9 nitrogen and oxygen atoms in total. The number of ether oxygens (including phenoxy) is 2. The molecule has 0 saturated heterocycles. The highest BCUT2D eigenvalue weighted by Crippen LogP contribution is 2.44. The van der Waals surface area contributed by atoms with Crippen LogP contribution in [-0.4, -0.2) is 54.8 Å². The summed E-state index contributed by atoms with van der Waals surface area (Å²) in [6.07, 6.45) is -1.71. The van der Waals surface area contributed by atoms with E-state index in [1.54, 1.807) is 12.1 Å². The van der Waals surface area contributed by atoms with Crippen molar-refractivity contribution in [2.24, 2.45) is 0 Å². The third kappa shape index (κ3) is 4.34. The third-order valence-corrected chi connectivity index (χ3v) is 6.65. The molecule has 1 aliphatic carbocycles. The van der Waals surface area contributed by atoms with E-state index in [-0.39, 0.29) is 23.7 Å². The molecule has 37 heavy (non-hydrogen) atoms. The molecule has 1 N–H and O–H groups in total. The van der Waals surface area contributed by atoms with Crippen LogP contribution in [0.25, 0.3) is 11.1 Å². The van der Waals surface area contributed by atoms with Crippen LogP contribution in [0.4, 0.5) is 4.79 Å². The van der Waals surface area contributed by atoms with Gasteiger partial charge in [0.05, 0.1) is 17.2 Å². The lowest BCUT2D eigenvalue weighted by molar-refractivity contribution is -0.174. The fraction of sp³-hybridized carbons (Fsp3) is 0.214. The first-order valence-corrected chi connectivity index (χ1v) is 11.7. The van der Waals surface area contributed by atoms with Crippen molar-refractivity contribution in [1.29, 1.82) is 0 Å². The molecule has 3 amide bonds. The lowest BCUT2D eigenvalue weighted by Crippen LogP contribution is -2.51. The number of hydroxylamine groups is 2. The molecule has 2 atom stereocenters. The molecule has 0 saturated carbocycles. The minimum absolute atomic E-state index is 0.0431. The molecule has 0 bridgehead atoms. The molecule has 1 heterocycles. The monoisotopic (exact) mass is 500 g/mol. The smallest absolute Gasteiger partial charge is 0.407 e. The highest BCUT2D eigenvalue weighted by atomic mass is 16.7. The Morgan fingerprint density at radius 3 is 1.84 bits per heavy atom. The summed E-state index contributed by atoms with van der Waals surface area (Å²) < 4.78 is 10.7. The molecule has 9 heteroatoms. The van der Waals surface area contributed by atoms with E-state index in [4.69, 9.17) is 14.3 Å². The SMILES string of the molecule is CO[C@H](C)[C@H](NC(=O)OCC1c2ccccc2-c2ccccc21)C(=O)ON1C(=O)c2ccccc2C1=O. The molecule has 0 unspecified atom stereocenters. The standard InChI is InChI=1S/C28H24N2O7/c1-16(35-2)24(27(33)37-30-25(31)21-13-7-8-14-22(21)26(30)32)29-28(34)36-15-23-19-11-5-3-9-17(19)18-10-4-6-12-20(18)23/h3-14,16,23-24H,15H2,1-2H3,(H,29,34)/t16-,24+/m1/s1. The minimum Gasteiger partial charge on any atom is -0.449 e. The molecule has 3 aromatic carbocycles. The van der Waals surface area contributed by atoms with Gasteiger partial charge in [0, 0.05) is 13.0 Å². The van der Waals surface area contributed by atoms with Gasteiger partial charge in [-0.2, -0.15) is 0 Å². The predicted molar refractivity (Wildman–Crippen MR) is 131 cm³/mol. The van der Waals surface area contributed by atoms with Crippen molar-refractivity contribution >= 4 is 23.9 Å². The normalized spacial score (nSPS) is 15.5. The van der Waals surface area contributed by atoms with Gasteiger partial charge in [-0.1, -0.05) is 65.7 Å². The van der Waals surface area contributed by atoms with Crippen molar-refractivity contribution in [2.75, 3.05) is 13.7 Å². The maximum absolute atomic E-state index is 12.9. The van der Waals surface area contributed by atoms with E-state index in [9.17, 15) is 19.2 Å². The zero-order valence-corrected chi connectivity index (χ0v) is 20.2. The first-order chi connectivity index (χ1) is 17.9. The molecule has 5 rings (SSSR count). The van der Waals surface area contributed by atoms with E-state index in [2.05, 4.69) is 5.32 Å². The Labute approximate surface area is 212 Å². The number of nitrogens with one attached hydrogen (secondary N) is 1. The molecule has 0 aromatic heterocycles. The van der Waals surface area contributed by atoms with Gasteiger partial charge in [-0.15, -0.1) is 0 Å². The quantitative estimate of drug-likeness (QED) is 0.493. The van der Waals surface area contributed by atoms with Crippen molar-refractivity contribution in [3.8, 4) is 11.1 Å². The number of nitrogens with zero attached hydrogens (tertiary/aromatic N) is 1. The molecule has 188 valence electrons. The number of fused-ring (bicyclic) bond motifs is 4. The van der Waals surface area contributed by atoms with Crippen molar-refractivity contribution in [1.82, 2.24) is 10.4 Å². The number of methoxy groups -OCH3 is 1. The van der Waals surface area contributed by atoms with Crippen LogP contribution >= 0.6 is 0 Å². The number of amides is 3. The largest absolute Gasteiger partial charge is 0.449 e. The van der Waals surface area contributed by atoms with Crippen molar-refractivity contribution in [3.63, 3.8) is 0 Å². The number of hydrogen-bond acceptors (Lipinski definition) is 7. The summed E-state index contributed by atoms with van der Waals surface area (Å²) in [6.45, 7) is 1.58. The summed E-state index contributed by atoms with van der Waals surface area (Å²) in [5, 5.41) is 2.84. The predicted octanol–water partition coefficient (Wildman–Crippen LogP) is 3.68. The summed E-state index contributed by atoms with van der Waals surface area (Å²) >= 11 is 0. The molecular weight excluding hydrogens is 476 g/mol. The Kier molecular flexibility index (Phi) is 6.45. The number of carbonyl (C=O) groups is 4. The highest BCUT2D eigenvalue weighted by molar-refractivity contribution is 6.21. The van der Waals surface area contributed by atoms with E-state index in [0.29, 0.717) is 5.06 Å². The summed E-state index contributed by atoms with van der Waals surface area (Å²) in [7, 11) is 1.35. The van der Waals surface area contributed by atoms with Gasteiger partial charge in [0.2, 0.25) is 0 Å². The molecule has 3 aromatic rings. The third-order valence-electron chi connectivity index (χ3n) is 6.65. The van der Waals surface area contributed by atoms with Gasteiger partial charge in [0.1, 0.15) is 6.61 Å². The van der Waals surface area contributed by atoms with Crippen LogP contribution in [0.3, 0.4) is 0 Å². The fourth-order valence-electron chi connectivity index (χ4n) is 4.67.